The number of rotatable bonds is 4. The number of thioether (sulfide) groups is 2. The molecular formula is C13H22N2O3S2. The highest BCUT2D eigenvalue weighted by Crippen LogP contribution is 2.37. The predicted molar refractivity (Wildman–Crippen MR) is 83.3 cm³/mol. The van der Waals surface area contributed by atoms with Crippen molar-refractivity contribution in [2.45, 2.75) is 49.3 Å². The van der Waals surface area contributed by atoms with E-state index in [0.717, 1.165) is 18.6 Å². The van der Waals surface area contributed by atoms with Gasteiger partial charge in [-0.05, 0) is 31.9 Å². The van der Waals surface area contributed by atoms with E-state index in [-0.39, 0.29) is 16.2 Å². The summed E-state index contributed by atoms with van der Waals surface area (Å²) in [6, 6.07) is -0.933. The van der Waals surface area contributed by atoms with Crippen LogP contribution in [0, 0.1) is 0 Å². The summed E-state index contributed by atoms with van der Waals surface area (Å²) < 4.78 is 0.100. The van der Waals surface area contributed by atoms with Crippen LogP contribution in [-0.2, 0) is 4.79 Å². The summed E-state index contributed by atoms with van der Waals surface area (Å²) in [5.41, 5.74) is 0. The monoisotopic (exact) mass is 318 g/mol. The molecule has 0 bridgehead atoms. The van der Waals surface area contributed by atoms with Crippen LogP contribution in [0.3, 0.4) is 0 Å². The Balaban J connectivity index is 1.96. The van der Waals surface area contributed by atoms with Gasteiger partial charge < -0.3 is 10.4 Å². The van der Waals surface area contributed by atoms with E-state index >= 15 is 0 Å². The van der Waals surface area contributed by atoms with Gasteiger partial charge in [-0.25, -0.2) is 9.59 Å². The number of hydrogen-bond donors (Lipinski definition) is 2. The van der Waals surface area contributed by atoms with Gasteiger partial charge in [0.05, 0.1) is 5.37 Å². The zero-order valence-electron chi connectivity index (χ0n) is 11.9. The maximum Gasteiger partial charge on any atom is 0.327 e. The summed E-state index contributed by atoms with van der Waals surface area (Å²) >= 11 is 3.44. The van der Waals surface area contributed by atoms with Crippen molar-refractivity contribution >= 4 is 35.5 Å². The third-order valence-electron chi connectivity index (χ3n) is 3.88. The number of amides is 2. The van der Waals surface area contributed by atoms with Crippen molar-refractivity contribution in [2.24, 2.45) is 0 Å². The minimum Gasteiger partial charge on any atom is -0.480 e. The van der Waals surface area contributed by atoms with Gasteiger partial charge in [0.15, 0.2) is 0 Å². The second kappa shape index (κ2) is 6.47. The molecule has 0 aromatic rings. The highest BCUT2D eigenvalue weighted by atomic mass is 32.2. The highest BCUT2D eigenvalue weighted by molar-refractivity contribution is 8.01. The second-order valence-electron chi connectivity index (χ2n) is 5.52. The zero-order valence-corrected chi connectivity index (χ0v) is 13.6. The highest BCUT2D eigenvalue weighted by Gasteiger charge is 2.41. The standard InChI is InChI=1S/C13H22N2O3S2/c1-3-10-15(9(7-19-10)11(16)17)12(18)14-8-13(2)5-4-6-20-13/h9-10H,3-8H2,1-2H3,(H,14,18)(H,16,17). The van der Waals surface area contributed by atoms with Crippen LogP contribution in [-0.4, -0.2) is 56.2 Å². The number of carboxylic acid groups (broad SMARTS) is 1. The SMILES string of the molecule is CCC1SCC(C(=O)O)N1C(=O)NCC1(C)CCCS1. The van der Waals surface area contributed by atoms with Crippen molar-refractivity contribution in [2.75, 3.05) is 18.1 Å². The van der Waals surface area contributed by atoms with Gasteiger partial charge in [-0.3, -0.25) is 4.90 Å². The van der Waals surface area contributed by atoms with Gasteiger partial charge in [0.2, 0.25) is 0 Å². The average Bonchev–Trinajstić information content (AvgIpc) is 3.02. The summed E-state index contributed by atoms with van der Waals surface area (Å²) in [7, 11) is 0. The van der Waals surface area contributed by atoms with Crippen LogP contribution in [0.1, 0.15) is 33.1 Å². The van der Waals surface area contributed by atoms with E-state index in [1.54, 1.807) is 11.8 Å². The van der Waals surface area contributed by atoms with E-state index in [0.29, 0.717) is 12.3 Å². The molecule has 7 heteroatoms. The number of carboxylic acids is 1. The lowest BCUT2D eigenvalue weighted by Crippen LogP contribution is -2.52. The van der Waals surface area contributed by atoms with Gasteiger partial charge in [-0.1, -0.05) is 6.92 Å². The third-order valence-corrected chi connectivity index (χ3v) is 6.87. The molecule has 2 saturated heterocycles. The number of nitrogens with zero attached hydrogens (tertiary/aromatic N) is 1. The van der Waals surface area contributed by atoms with E-state index in [2.05, 4.69) is 12.2 Å². The normalized spacial score (nSPS) is 33.4. The Bertz CT molecular complexity index is 386. The van der Waals surface area contributed by atoms with E-state index in [1.165, 1.54) is 11.3 Å². The average molecular weight is 318 g/mol. The van der Waals surface area contributed by atoms with Crippen LogP contribution in [0.15, 0.2) is 0 Å². The smallest absolute Gasteiger partial charge is 0.327 e. The molecule has 0 aromatic carbocycles. The van der Waals surface area contributed by atoms with Crippen molar-refractivity contribution in [3.05, 3.63) is 0 Å². The van der Waals surface area contributed by atoms with E-state index in [1.807, 2.05) is 18.7 Å². The summed E-state index contributed by atoms with van der Waals surface area (Å²) in [5.74, 6) is 0.708. The first-order chi connectivity index (χ1) is 9.47. The first-order valence-electron chi connectivity index (χ1n) is 7.01. The molecule has 0 saturated carbocycles. The number of hydrogen-bond acceptors (Lipinski definition) is 4. The minimum absolute atomic E-state index is 0.0277. The van der Waals surface area contributed by atoms with Crippen molar-refractivity contribution in [1.29, 1.82) is 0 Å². The lowest BCUT2D eigenvalue weighted by atomic mass is 10.1. The number of carbonyl (C=O) groups is 2. The molecule has 2 fully saturated rings. The number of nitrogens with one attached hydrogen (secondary N) is 1. The minimum atomic E-state index is -0.912. The molecule has 0 spiro atoms. The molecule has 5 nitrogen and oxygen atoms in total. The second-order valence-corrected chi connectivity index (χ2v) is 8.41. The maximum absolute atomic E-state index is 12.4. The summed E-state index contributed by atoms with van der Waals surface area (Å²) in [6.45, 7) is 4.76. The molecule has 2 heterocycles. The van der Waals surface area contributed by atoms with Crippen LogP contribution in [0.5, 0.6) is 0 Å². The molecule has 3 atom stereocenters. The van der Waals surface area contributed by atoms with Gasteiger partial charge in [0.25, 0.3) is 0 Å². The van der Waals surface area contributed by atoms with Crippen LogP contribution in [0.4, 0.5) is 4.79 Å². The van der Waals surface area contributed by atoms with Crippen LogP contribution >= 0.6 is 23.5 Å². The molecule has 2 aliphatic heterocycles. The zero-order chi connectivity index (χ0) is 14.8. The Kier molecular flexibility index (Phi) is 5.12. The molecule has 2 N–H and O–H groups in total. The van der Waals surface area contributed by atoms with Gasteiger partial charge in [-0.2, -0.15) is 11.8 Å². The fourth-order valence-electron chi connectivity index (χ4n) is 2.67. The van der Waals surface area contributed by atoms with E-state index < -0.39 is 12.0 Å². The Labute approximate surface area is 128 Å². The van der Waals surface area contributed by atoms with Crippen molar-refractivity contribution in [1.82, 2.24) is 10.2 Å². The summed E-state index contributed by atoms with van der Waals surface area (Å²) in [5, 5.41) is 12.2. The fraction of sp³-hybridized carbons (Fsp3) is 0.846. The Morgan fingerprint density at radius 3 is 2.80 bits per heavy atom. The molecule has 0 radical (unpaired) electrons. The third kappa shape index (κ3) is 3.36. The molecule has 2 rings (SSSR count). The van der Waals surface area contributed by atoms with Crippen LogP contribution in [0.2, 0.25) is 0 Å². The van der Waals surface area contributed by atoms with Gasteiger partial charge in [0, 0.05) is 17.0 Å². The molecule has 0 aromatic heterocycles. The van der Waals surface area contributed by atoms with Crippen molar-refractivity contribution in [3.8, 4) is 0 Å². The van der Waals surface area contributed by atoms with Crippen LogP contribution < -0.4 is 5.32 Å². The number of carbonyl (C=O) groups excluding carboxylic acids is 1. The Morgan fingerprint density at radius 1 is 1.50 bits per heavy atom. The van der Waals surface area contributed by atoms with Gasteiger partial charge in [-0.15, -0.1) is 11.8 Å². The first-order valence-corrected chi connectivity index (χ1v) is 9.05. The number of urea groups is 1. The maximum atomic E-state index is 12.4. The first kappa shape index (κ1) is 15.8. The lowest BCUT2D eigenvalue weighted by molar-refractivity contribution is -0.141. The Hall–Kier alpha value is -0.560. The fourth-order valence-corrected chi connectivity index (χ4v) is 5.26. The van der Waals surface area contributed by atoms with Crippen molar-refractivity contribution in [3.63, 3.8) is 0 Å². The topological polar surface area (TPSA) is 69.6 Å². The predicted octanol–water partition coefficient (Wildman–Crippen LogP) is 2.22. The molecule has 2 aliphatic rings. The molecule has 2 amide bonds. The lowest BCUT2D eigenvalue weighted by Gasteiger charge is -2.29. The Morgan fingerprint density at radius 2 is 2.25 bits per heavy atom. The van der Waals surface area contributed by atoms with Gasteiger partial charge >= 0.3 is 12.0 Å². The van der Waals surface area contributed by atoms with Crippen LogP contribution in [0.25, 0.3) is 0 Å². The summed E-state index contributed by atoms with van der Waals surface area (Å²) in [4.78, 5) is 25.1. The molecule has 114 valence electrons. The largest absolute Gasteiger partial charge is 0.480 e. The molecular weight excluding hydrogens is 296 g/mol. The van der Waals surface area contributed by atoms with E-state index in [4.69, 9.17) is 0 Å². The quantitative estimate of drug-likeness (QED) is 0.832. The number of aliphatic carboxylic acids is 1. The van der Waals surface area contributed by atoms with Gasteiger partial charge in [0.1, 0.15) is 6.04 Å². The summed E-state index contributed by atoms with van der Waals surface area (Å²) in [6.07, 6.45) is 3.06. The van der Waals surface area contributed by atoms with E-state index in [9.17, 15) is 14.7 Å². The molecule has 20 heavy (non-hydrogen) atoms. The van der Waals surface area contributed by atoms with Crippen molar-refractivity contribution < 1.29 is 14.7 Å². The molecule has 3 unspecified atom stereocenters. The molecule has 0 aliphatic carbocycles.